The molecule has 1 saturated carbocycles. The van der Waals surface area contributed by atoms with Crippen molar-refractivity contribution < 1.29 is 18.0 Å². The lowest BCUT2D eigenvalue weighted by molar-refractivity contribution is -0.122. The lowest BCUT2D eigenvalue weighted by Crippen LogP contribution is -2.44. The predicted molar refractivity (Wildman–Crippen MR) is 93.1 cm³/mol. The van der Waals surface area contributed by atoms with Gasteiger partial charge in [0.2, 0.25) is 15.9 Å². The van der Waals surface area contributed by atoms with Gasteiger partial charge in [-0.25, -0.2) is 13.1 Å². The Morgan fingerprint density at radius 2 is 2.00 bits per heavy atom. The van der Waals surface area contributed by atoms with Gasteiger partial charge in [-0.05, 0) is 60.8 Å². The Bertz CT molecular complexity index is 747. The summed E-state index contributed by atoms with van der Waals surface area (Å²) >= 11 is 3.24. The molecule has 0 bridgehead atoms. The molecule has 9 heteroatoms. The van der Waals surface area contributed by atoms with Gasteiger partial charge < -0.3 is 10.6 Å². The standard InChI is InChI=1S/C15H20BrN3O4S/c1-3-17-14(20)9(2)18-15(21)12-8-11(6-7-13(12)16)24(22,23)19-10-4-5-10/h6-10,19H,3-5H2,1-2H3,(H,17,20)(H,18,21)/t9-/m0/s1. The van der Waals surface area contributed by atoms with E-state index in [1.54, 1.807) is 13.8 Å². The molecule has 0 radical (unpaired) electrons. The Labute approximate surface area is 149 Å². The number of sulfonamides is 1. The molecular weight excluding hydrogens is 398 g/mol. The molecule has 1 aromatic carbocycles. The summed E-state index contributed by atoms with van der Waals surface area (Å²) in [5.41, 5.74) is 0.157. The molecule has 132 valence electrons. The smallest absolute Gasteiger partial charge is 0.253 e. The van der Waals surface area contributed by atoms with Gasteiger partial charge in [-0.1, -0.05) is 0 Å². The zero-order valence-electron chi connectivity index (χ0n) is 13.4. The quantitative estimate of drug-likeness (QED) is 0.618. The summed E-state index contributed by atoms with van der Waals surface area (Å²) in [6, 6.07) is 3.49. The minimum absolute atomic E-state index is 0.0197. The molecule has 24 heavy (non-hydrogen) atoms. The monoisotopic (exact) mass is 417 g/mol. The molecule has 1 atom stereocenters. The second-order valence-corrected chi connectivity index (χ2v) is 8.20. The second-order valence-electron chi connectivity index (χ2n) is 5.63. The highest BCUT2D eigenvalue weighted by Crippen LogP contribution is 2.25. The van der Waals surface area contributed by atoms with Gasteiger partial charge >= 0.3 is 0 Å². The first kappa shape index (κ1) is 18.9. The van der Waals surface area contributed by atoms with Crippen molar-refractivity contribution in [3.05, 3.63) is 28.2 Å². The van der Waals surface area contributed by atoms with Gasteiger partial charge in [0.15, 0.2) is 0 Å². The van der Waals surface area contributed by atoms with Crippen LogP contribution in [0.25, 0.3) is 0 Å². The molecule has 7 nitrogen and oxygen atoms in total. The van der Waals surface area contributed by atoms with Crippen LogP contribution in [0.5, 0.6) is 0 Å². The van der Waals surface area contributed by atoms with Crippen LogP contribution in [-0.4, -0.2) is 38.9 Å². The SMILES string of the molecule is CCNC(=O)[C@H](C)NC(=O)c1cc(S(=O)(=O)NC2CC2)ccc1Br. The van der Waals surface area contributed by atoms with Crippen LogP contribution >= 0.6 is 15.9 Å². The fraction of sp³-hybridized carbons (Fsp3) is 0.467. The van der Waals surface area contributed by atoms with E-state index in [2.05, 4.69) is 31.3 Å². The third kappa shape index (κ3) is 4.78. The highest BCUT2D eigenvalue weighted by atomic mass is 79.9. The fourth-order valence-corrected chi connectivity index (χ4v) is 3.76. The predicted octanol–water partition coefficient (Wildman–Crippen LogP) is 1.14. The molecule has 1 aliphatic carbocycles. The Kier molecular flexibility index (Phi) is 6.00. The summed E-state index contributed by atoms with van der Waals surface area (Å²) in [6.07, 6.45) is 1.65. The van der Waals surface area contributed by atoms with Gasteiger partial charge in [-0.2, -0.15) is 0 Å². The number of benzene rings is 1. The van der Waals surface area contributed by atoms with Gasteiger partial charge in [0.05, 0.1) is 10.5 Å². The molecule has 3 N–H and O–H groups in total. The first-order valence-electron chi connectivity index (χ1n) is 7.65. The number of rotatable bonds is 7. The number of amides is 2. The summed E-state index contributed by atoms with van der Waals surface area (Å²) in [5.74, 6) is -0.828. The molecule has 2 rings (SSSR count). The topological polar surface area (TPSA) is 104 Å². The molecule has 0 saturated heterocycles. The van der Waals surface area contributed by atoms with Gasteiger partial charge in [0.1, 0.15) is 6.04 Å². The maximum absolute atomic E-state index is 12.4. The van der Waals surface area contributed by atoms with Crippen molar-refractivity contribution in [2.75, 3.05) is 6.54 Å². The zero-order chi connectivity index (χ0) is 17.9. The lowest BCUT2D eigenvalue weighted by Gasteiger charge is -2.15. The van der Waals surface area contributed by atoms with Crippen LogP contribution in [0.4, 0.5) is 0 Å². The van der Waals surface area contributed by atoms with Crippen molar-refractivity contribution in [1.29, 1.82) is 0 Å². The van der Waals surface area contributed by atoms with E-state index in [4.69, 9.17) is 0 Å². The Morgan fingerprint density at radius 3 is 2.58 bits per heavy atom. The number of nitrogens with one attached hydrogen (secondary N) is 3. The van der Waals surface area contributed by atoms with Crippen molar-refractivity contribution in [2.24, 2.45) is 0 Å². The molecule has 1 aliphatic rings. The molecule has 0 heterocycles. The van der Waals surface area contributed by atoms with E-state index in [0.29, 0.717) is 11.0 Å². The number of carbonyl (C=O) groups excluding carboxylic acids is 2. The van der Waals surface area contributed by atoms with Crippen molar-refractivity contribution in [3.63, 3.8) is 0 Å². The molecular formula is C15H20BrN3O4S. The summed E-state index contributed by atoms with van der Waals surface area (Å²) in [7, 11) is -3.65. The van der Waals surface area contributed by atoms with E-state index in [9.17, 15) is 18.0 Å². The van der Waals surface area contributed by atoms with E-state index in [0.717, 1.165) is 12.8 Å². The average Bonchev–Trinajstić information content (AvgIpc) is 3.30. The van der Waals surface area contributed by atoms with E-state index in [-0.39, 0.29) is 22.4 Å². The lowest BCUT2D eigenvalue weighted by atomic mass is 10.2. The summed E-state index contributed by atoms with van der Waals surface area (Å²) in [4.78, 5) is 24.1. The molecule has 2 amide bonds. The number of carbonyl (C=O) groups is 2. The Balaban J connectivity index is 2.18. The third-order valence-corrected chi connectivity index (χ3v) is 5.69. The van der Waals surface area contributed by atoms with Gasteiger partial charge in [-0.15, -0.1) is 0 Å². The van der Waals surface area contributed by atoms with Crippen LogP contribution in [0.1, 0.15) is 37.0 Å². The minimum atomic E-state index is -3.65. The molecule has 0 spiro atoms. The molecule has 0 unspecified atom stereocenters. The minimum Gasteiger partial charge on any atom is -0.355 e. The molecule has 0 aliphatic heterocycles. The summed E-state index contributed by atoms with van der Waals surface area (Å²) in [6.45, 7) is 3.81. The van der Waals surface area contributed by atoms with E-state index in [1.807, 2.05) is 0 Å². The summed E-state index contributed by atoms with van der Waals surface area (Å²) in [5, 5.41) is 5.17. The molecule has 1 aromatic rings. The Morgan fingerprint density at radius 1 is 1.33 bits per heavy atom. The number of hydrogen-bond acceptors (Lipinski definition) is 4. The molecule has 1 fully saturated rings. The van der Waals surface area contributed by atoms with E-state index >= 15 is 0 Å². The molecule has 0 aromatic heterocycles. The van der Waals surface area contributed by atoms with Crippen molar-refractivity contribution >= 4 is 37.8 Å². The first-order chi connectivity index (χ1) is 11.2. The third-order valence-electron chi connectivity index (χ3n) is 3.48. The Hall–Kier alpha value is -1.45. The van der Waals surface area contributed by atoms with Crippen LogP contribution in [0.15, 0.2) is 27.6 Å². The number of likely N-dealkylation sites (N-methyl/N-ethyl adjacent to an activating group) is 1. The van der Waals surface area contributed by atoms with Crippen LogP contribution in [0, 0.1) is 0 Å². The van der Waals surface area contributed by atoms with E-state index in [1.165, 1.54) is 18.2 Å². The maximum Gasteiger partial charge on any atom is 0.253 e. The summed E-state index contributed by atoms with van der Waals surface area (Å²) < 4.78 is 27.5. The number of hydrogen-bond donors (Lipinski definition) is 3. The van der Waals surface area contributed by atoms with Gasteiger partial charge in [0.25, 0.3) is 5.91 Å². The highest BCUT2D eigenvalue weighted by molar-refractivity contribution is 9.10. The second kappa shape index (κ2) is 7.62. The van der Waals surface area contributed by atoms with Crippen molar-refractivity contribution in [3.8, 4) is 0 Å². The highest BCUT2D eigenvalue weighted by Gasteiger charge is 2.29. The van der Waals surface area contributed by atoms with Crippen LogP contribution in [0.3, 0.4) is 0 Å². The average molecular weight is 418 g/mol. The van der Waals surface area contributed by atoms with Gasteiger partial charge in [-0.3, -0.25) is 9.59 Å². The first-order valence-corrected chi connectivity index (χ1v) is 9.92. The normalized spacial score (nSPS) is 15.6. The van der Waals surface area contributed by atoms with Crippen molar-refractivity contribution in [2.45, 2.75) is 43.7 Å². The van der Waals surface area contributed by atoms with Crippen LogP contribution in [-0.2, 0) is 14.8 Å². The van der Waals surface area contributed by atoms with Gasteiger partial charge in [0, 0.05) is 17.1 Å². The van der Waals surface area contributed by atoms with Crippen LogP contribution in [0.2, 0.25) is 0 Å². The maximum atomic E-state index is 12.4. The number of halogens is 1. The van der Waals surface area contributed by atoms with Crippen LogP contribution < -0.4 is 15.4 Å². The van der Waals surface area contributed by atoms with Crippen molar-refractivity contribution in [1.82, 2.24) is 15.4 Å². The zero-order valence-corrected chi connectivity index (χ0v) is 15.8. The largest absolute Gasteiger partial charge is 0.355 e. The fourth-order valence-electron chi connectivity index (χ4n) is 2.00. The van der Waals surface area contributed by atoms with E-state index < -0.39 is 22.0 Å².